The van der Waals surface area contributed by atoms with E-state index < -0.39 is 5.82 Å². The highest BCUT2D eigenvalue weighted by molar-refractivity contribution is 5.82. The summed E-state index contributed by atoms with van der Waals surface area (Å²) in [5.74, 6) is -0.134. The molecule has 2 aromatic rings. The molecule has 0 radical (unpaired) electrons. The quantitative estimate of drug-likeness (QED) is 0.756. The highest BCUT2D eigenvalue weighted by Crippen LogP contribution is 2.33. The third-order valence-corrected chi connectivity index (χ3v) is 2.54. The van der Waals surface area contributed by atoms with Gasteiger partial charge in [-0.2, -0.15) is 0 Å². The minimum atomic E-state index is -0.550. The van der Waals surface area contributed by atoms with Crippen LogP contribution in [-0.2, 0) is 0 Å². The molecule has 0 saturated carbocycles. The average Bonchev–Trinajstić information content (AvgIpc) is 2.39. The Morgan fingerprint density at radius 3 is 2.41 bits per heavy atom. The Balaban J connectivity index is 2.70. The molecule has 17 heavy (non-hydrogen) atoms. The minimum Gasteiger partial charge on any atom is -0.496 e. The molecule has 0 heterocycles. The Hall–Kier alpha value is -2.16. The van der Waals surface area contributed by atoms with Gasteiger partial charge in [0.2, 0.25) is 0 Å². The van der Waals surface area contributed by atoms with E-state index in [0.717, 1.165) is 0 Å². The van der Waals surface area contributed by atoms with E-state index in [4.69, 9.17) is 4.74 Å². The SMILES string of the molecule is COc1ccc(C=O)c(F)c1-c1ccccc1. The predicted octanol–water partition coefficient (Wildman–Crippen LogP) is 3.31. The molecule has 0 saturated heterocycles. The number of carbonyl (C=O) groups is 1. The van der Waals surface area contributed by atoms with Gasteiger partial charge in [-0.15, -0.1) is 0 Å². The number of benzene rings is 2. The Labute approximate surface area is 98.7 Å². The van der Waals surface area contributed by atoms with Crippen molar-refractivity contribution in [1.29, 1.82) is 0 Å². The van der Waals surface area contributed by atoms with Gasteiger partial charge in [0.05, 0.1) is 18.2 Å². The summed E-state index contributed by atoms with van der Waals surface area (Å²) in [6.45, 7) is 0. The Morgan fingerprint density at radius 2 is 1.82 bits per heavy atom. The van der Waals surface area contributed by atoms with Crippen LogP contribution < -0.4 is 4.74 Å². The normalized spacial score (nSPS) is 10.0. The maximum absolute atomic E-state index is 14.1. The van der Waals surface area contributed by atoms with Gasteiger partial charge >= 0.3 is 0 Å². The lowest BCUT2D eigenvalue weighted by molar-refractivity contribution is 0.112. The van der Waals surface area contributed by atoms with Crippen LogP contribution in [0.5, 0.6) is 5.75 Å². The molecule has 0 bridgehead atoms. The Kier molecular flexibility index (Phi) is 3.19. The second-order valence-electron chi connectivity index (χ2n) is 3.53. The number of aldehydes is 1. The van der Waals surface area contributed by atoms with Crippen molar-refractivity contribution in [3.63, 3.8) is 0 Å². The van der Waals surface area contributed by atoms with E-state index in [2.05, 4.69) is 0 Å². The van der Waals surface area contributed by atoms with E-state index in [1.54, 1.807) is 18.2 Å². The molecule has 86 valence electrons. The van der Waals surface area contributed by atoms with Crippen LogP contribution in [0.3, 0.4) is 0 Å². The van der Waals surface area contributed by atoms with E-state index >= 15 is 0 Å². The van der Waals surface area contributed by atoms with Crippen LogP contribution in [0, 0.1) is 5.82 Å². The van der Waals surface area contributed by atoms with Gasteiger partial charge in [-0.05, 0) is 17.7 Å². The topological polar surface area (TPSA) is 26.3 Å². The zero-order valence-corrected chi connectivity index (χ0v) is 9.31. The molecule has 0 aliphatic rings. The van der Waals surface area contributed by atoms with Crippen molar-refractivity contribution in [2.24, 2.45) is 0 Å². The first-order valence-electron chi connectivity index (χ1n) is 5.15. The van der Waals surface area contributed by atoms with Gasteiger partial charge < -0.3 is 4.74 Å². The molecule has 2 aromatic carbocycles. The van der Waals surface area contributed by atoms with Crippen molar-refractivity contribution < 1.29 is 13.9 Å². The zero-order valence-electron chi connectivity index (χ0n) is 9.31. The van der Waals surface area contributed by atoms with Crippen LogP contribution in [0.15, 0.2) is 42.5 Å². The van der Waals surface area contributed by atoms with Gasteiger partial charge in [-0.3, -0.25) is 4.79 Å². The molecule has 0 aromatic heterocycles. The molecule has 0 fully saturated rings. The van der Waals surface area contributed by atoms with E-state index in [9.17, 15) is 9.18 Å². The fourth-order valence-electron chi connectivity index (χ4n) is 1.71. The van der Waals surface area contributed by atoms with Crippen LogP contribution in [0.25, 0.3) is 11.1 Å². The van der Waals surface area contributed by atoms with Crippen LogP contribution >= 0.6 is 0 Å². The fourth-order valence-corrected chi connectivity index (χ4v) is 1.71. The third-order valence-electron chi connectivity index (χ3n) is 2.54. The lowest BCUT2D eigenvalue weighted by atomic mass is 10.0. The minimum absolute atomic E-state index is 0.0321. The van der Waals surface area contributed by atoms with Crippen molar-refractivity contribution in [1.82, 2.24) is 0 Å². The monoisotopic (exact) mass is 230 g/mol. The molecular weight excluding hydrogens is 219 g/mol. The largest absolute Gasteiger partial charge is 0.496 e. The number of hydrogen-bond acceptors (Lipinski definition) is 2. The summed E-state index contributed by atoms with van der Waals surface area (Å²) < 4.78 is 19.2. The van der Waals surface area contributed by atoms with E-state index in [1.165, 1.54) is 13.2 Å². The summed E-state index contributed by atoms with van der Waals surface area (Å²) in [7, 11) is 1.47. The number of rotatable bonds is 3. The highest BCUT2D eigenvalue weighted by Gasteiger charge is 2.15. The number of hydrogen-bond donors (Lipinski definition) is 0. The molecule has 0 unspecified atom stereocenters. The van der Waals surface area contributed by atoms with Crippen LogP contribution in [0.4, 0.5) is 4.39 Å². The van der Waals surface area contributed by atoms with Gasteiger partial charge in [-0.1, -0.05) is 30.3 Å². The smallest absolute Gasteiger partial charge is 0.153 e. The molecule has 0 aliphatic heterocycles. The van der Waals surface area contributed by atoms with Crippen molar-refractivity contribution in [3.05, 3.63) is 53.8 Å². The molecule has 2 nitrogen and oxygen atoms in total. The molecular formula is C14H11FO2. The van der Waals surface area contributed by atoms with Crippen molar-refractivity contribution in [3.8, 4) is 16.9 Å². The summed E-state index contributed by atoms with van der Waals surface area (Å²) in [6, 6.07) is 12.0. The van der Waals surface area contributed by atoms with Gasteiger partial charge in [0, 0.05) is 0 Å². The summed E-state index contributed by atoms with van der Waals surface area (Å²) in [6.07, 6.45) is 0.501. The fraction of sp³-hybridized carbons (Fsp3) is 0.0714. The Morgan fingerprint density at radius 1 is 1.12 bits per heavy atom. The van der Waals surface area contributed by atoms with E-state index in [0.29, 0.717) is 23.2 Å². The molecule has 0 spiro atoms. The average molecular weight is 230 g/mol. The lowest BCUT2D eigenvalue weighted by Gasteiger charge is -2.10. The summed E-state index contributed by atoms with van der Waals surface area (Å²) in [5, 5.41) is 0. The predicted molar refractivity (Wildman–Crippen MR) is 63.8 cm³/mol. The van der Waals surface area contributed by atoms with Crippen molar-refractivity contribution in [2.45, 2.75) is 0 Å². The van der Waals surface area contributed by atoms with Crippen LogP contribution in [0.1, 0.15) is 10.4 Å². The van der Waals surface area contributed by atoms with Gasteiger partial charge in [0.15, 0.2) is 6.29 Å². The maximum Gasteiger partial charge on any atom is 0.153 e. The van der Waals surface area contributed by atoms with Crippen LogP contribution in [0.2, 0.25) is 0 Å². The molecule has 0 amide bonds. The van der Waals surface area contributed by atoms with Gasteiger partial charge in [0.1, 0.15) is 11.6 Å². The first kappa shape index (κ1) is 11.3. The van der Waals surface area contributed by atoms with Gasteiger partial charge in [-0.25, -0.2) is 4.39 Å². The van der Waals surface area contributed by atoms with E-state index in [1.807, 2.05) is 18.2 Å². The summed E-state index contributed by atoms with van der Waals surface area (Å²) >= 11 is 0. The molecule has 3 heteroatoms. The van der Waals surface area contributed by atoms with Crippen LogP contribution in [-0.4, -0.2) is 13.4 Å². The first-order valence-corrected chi connectivity index (χ1v) is 5.15. The Bertz CT molecular complexity index is 535. The first-order chi connectivity index (χ1) is 8.27. The number of carbonyl (C=O) groups excluding carboxylic acids is 1. The molecule has 0 aliphatic carbocycles. The number of methoxy groups -OCH3 is 1. The summed E-state index contributed by atoms with van der Waals surface area (Å²) in [4.78, 5) is 10.7. The number of halogens is 1. The lowest BCUT2D eigenvalue weighted by Crippen LogP contribution is -1.96. The summed E-state index contributed by atoms with van der Waals surface area (Å²) in [5.41, 5.74) is 1.04. The maximum atomic E-state index is 14.1. The van der Waals surface area contributed by atoms with Crippen molar-refractivity contribution >= 4 is 6.29 Å². The molecule has 0 N–H and O–H groups in total. The zero-order chi connectivity index (χ0) is 12.3. The molecule has 0 atom stereocenters. The highest BCUT2D eigenvalue weighted by atomic mass is 19.1. The third kappa shape index (κ3) is 2.04. The van der Waals surface area contributed by atoms with Gasteiger partial charge in [0.25, 0.3) is 0 Å². The number of ether oxygens (including phenoxy) is 1. The molecule has 2 rings (SSSR count). The second kappa shape index (κ2) is 4.78. The second-order valence-corrected chi connectivity index (χ2v) is 3.53. The van der Waals surface area contributed by atoms with Crippen molar-refractivity contribution in [2.75, 3.05) is 7.11 Å². The van der Waals surface area contributed by atoms with E-state index in [-0.39, 0.29) is 5.56 Å². The standard InChI is InChI=1S/C14H11FO2/c1-17-12-8-7-11(9-16)14(15)13(12)10-5-3-2-4-6-10/h2-9H,1H3.